The zero-order valence-electron chi connectivity index (χ0n) is 9.07. The van der Waals surface area contributed by atoms with E-state index in [2.05, 4.69) is 0 Å². The van der Waals surface area contributed by atoms with E-state index in [1.807, 2.05) is 18.2 Å². The minimum Gasteiger partial charge on any atom is -0.469 e. The van der Waals surface area contributed by atoms with Crippen molar-refractivity contribution in [3.05, 3.63) is 58.0 Å². The Labute approximate surface area is 110 Å². The highest BCUT2D eigenvalue weighted by molar-refractivity contribution is 6.42. The van der Waals surface area contributed by atoms with Gasteiger partial charge in [0.05, 0.1) is 22.9 Å². The molecule has 0 bridgehead atoms. The predicted octanol–water partition coefficient (Wildman–Crippen LogP) is 3.91. The summed E-state index contributed by atoms with van der Waals surface area (Å²) in [6.45, 7) is 0.0403. The number of furan rings is 1. The lowest BCUT2D eigenvalue weighted by Crippen LogP contribution is -2.07. The summed E-state index contributed by atoms with van der Waals surface area (Å²) < 4.78 is 5.27. The third-order valence-electron chi connectivity index (χ3n) is 2.66. The smallest absolute Gasteiger partial charge is 0.104 e. The molecule has 17 heavy (non-hydrogen) atoms. The van der Waals surface area contributed by atoms with Crippen molar-refractivity contribution in [2.45, 2.75) is 12.3 Å². The summed E-state index contributed by atoms with van der Waals surface area (Å²) in [6, 6.07) is 9.12. The number of benzene rings is 1. The van der Waals surface area contributed by atoms with E-state index in [0.717, 1.165) is 11.3 Å². The average molecular weight is 271 g/mol. The maximum Gasteiger partial charge on any atom is 0.104 e. The second kappa shape index (κ2) is 5.58. The van der Waals surface area contributed by atoms with Gasteiger partial charge in [0, 0.05) is 12.3 Å². The quantitative estimate of drug-likeness (QED) is 0.914. The van der Waals surface area contributed by atoms with Gasteiger partial charge >= 0.3 is 0 Å². The van der Waals surface area contributed by atoms with E-state index in [0.29, 0.717) is 16.5 Å². The molecule has 0 saturated heterocycles. The first-order chi connectivity index (χ1) is 8.20. The summed E-state index contributed by atoms with van der Waals surface area (Å²) in [5, 5.41) is 10.4. The normalized spacial score (nSPS) is 12.6. The molecule has 0 radical (unpaired) electrons. The van der Waals surface area contributed by atoms with Gasteiger partial charge in [-0.3, -0.25) is 0 Å². The van der Waals surface area contributed by atoms with E-state index < -0.39 is 0 Å². The van der Waals surface area contributed by atoms with Crippen LogP contribution in [0.3, 0.4) is 0 Å². The molecule has 0 aliphatic carbocycles. The molecule has 1 aromatic carbocycles. The number of hydrogen-bond acceptors (Lipinski definition) is 2. The summed E-state index contributed by atoms with van der Waals surface area (Å²) in [4.78, 5) is 0. The van der Waals surface area contributed by atoms with Crippen LogP contribution in [0.4, 0.5) is 0 Å². The Morgan fingerprint density at radius 1 is 1.18 bits per heavy atom. The summed E-state index contributed by atoms with van der Waals surface area (Å²) in [6.07, 6.45) is 2.26. The fraction of sp³-hybridized carbons (Fsp3) is 0.231. The molecular weight excluding hydrogens is 259 g/mol. The van der Waals surface area contributed by atoms with Gasteiger partial charge in [0.15, 0.2) is 0 Å². The van der Waals surface area contributed by atoms with E-state index >= 15 is 0 Å². The van der Waals surface area contributed by atoms with Crippen molar-refractivity contribution in [2.75, 3.05) is 6.61 Å². The maximum absolute atomic E-state index is 9.42. The summed E-state index contributed by atoms with van der Waals surface area (Å²) >= 11 is 11.8. The zero-order valence-corrected chi connectivity index (χ0v) is 10.6. The average Bonchev–Trinajstić information content (AvgIpc) is 2.82. The van der Waals surface area contributed by atoms with Crippen LogP contribution >= 0.6 is 23.2 Å². The molecule has 0 spiro atoms. The van der Waals surface area contributed by atoms with Gasteiger partial charge in [-0.05, 0) is 29.8 Å². The molecule has 1 atom stereocenters. The van der Waals surface area contributed by atoms with E-state index in [4.69, 9.17) is 27.6 Å². The van der Waals surface area contributed by atoms with Gasteiger partial charge in [-0.15, -0.1) is 0 Å². The molecular formula is C13H12Cl2O2. The Kier molecular flexibility index (Phi) is 4.11. The summed E-state index contributed by atoms with van der Waals surface area (Å²) in [5.74, 6) is 0.811. The van der Waals surface area contributed by atoms with Crippen molar-refractivity contribution in [1.82, 2.24) is 0 Å². The summed E-state index contributed by atoms with van der Waals surface area (Å²) in [7, 11) is 0. The highest BCUT2D eigenvalue weighted by Gasteiger charge is 2.14. The van der Waals surface area contributed by atoms with Crippen LogP contribution in [0.25, 0.3) is 0 Å². The number of aliphatic hydroxyl groups excluding tert-OH is 1. The van der Waals surface area contributed by atoms with Gasteiger partial charge in [-0.25, -0.2) is 0 Å². The lowest BCUT2D eigenvalue weighted by molar-refractivity contribution is 0.259. The van der Waals surface area contributed by atoms with Crippen LogP contribution in [-0.4, -0.2) is 11.7 Å². The van der Waals surface area contributed by atoms with Crippen molar-refractivity contribution in [3.63, 3.8) is 0 Å². The maximum atomic E-state index is 9.42. The fourth-order valence-electron chi connectivity index (χ4n) is 1.73. The van der Waals surface area contributed by atoms with Gasteiger partial charge in [-0.1, -0.05) is 29.3 Å². The molecule has 1 heterocycles. The molecule has 1 N–H and O–H groups in total. The molecule has 90 valence electrons. The van der Waals surface area contributed by atoms with Gasteiger partial charge < -0.3 is 9.52 Å². The monoisotopic (exact) mass is 270 g/mol. The Bertz CT molecular complexity index is 480. The molecule has 2 rings (SSSR count). The standard InChI is InChI=1S/C13H12Cl2O2/c14-12-4-3-9(7-13(12)15)10(8-16)6-11-2-1-5-17-11/h1-5,7,10,16H,6,8H2. The largest absolute Gasteiger partial charge is 0.469 e. The van der Waals surface area contributed by atoms with Crippen molar-refractivity contribution in [2.24, 2.45) is 0 Å². The lowest BCUT2D eigenvalue weighted by atomic mass is 9.95. The molecule has 0 saturated carbocycles. The molecule has 0 amide bonds. The van der Waals surface area contributed by atoms with Crippen molar-refractivity contribution in [1.29, 1.82) is 0 Å². The Morgan fingerprint density at radius 3 is 2.59 bits per heavy atom. The van der Waals surface area contributed by atoms with Crippen LogP contribution in [-0.2, 0) is 6.42 Å². The Balaban J connectivity index is 2.20. The first kappa shape index (κ1) is 12.5. The highest BCUT2D eigenvalue weighted by Crippen LogP contribution is 2.28. The van der Waals surface area contributed by atoms with E-state index in [1.165, 1.54) is 0 Å². The van der Waals surface area contributed by atoms with Crippen LogP contribution in [0.15, 0.2) is 41.0 Å². The highest BCUT2D eigenvalue weighted by atomic mass is 35.5. The third kappa shape index (κ3) is 3.03. The molecule has 0 aliphatic rings. The Morgan fingerprint density at radius 2 is 2.00 bits per heavy atom. The number of aliphatic hydroxyl groups is 1. The van der Waals surface area contributed by atoms with Gasteiger partial charge in [0.1, 0.15) is 5.76 Å². The molecule has 1 unspecified atom stereocenters. The Hall–Kier alpha value is -0.960. The van der Waals surface area contributed by atoms with E-state index in [9.17, 15) is 5.11 Å². The van der Waals surface area contributed by atoms with Crippen LogP contribution in [0.5, 0.6) is 0 Å². The van der Waals surface area contributed by atoms with Crippen molar-refractivity contribution >= 4 is 23.2 Å². The van der Waals surface area contributed by atoms with Crippen LogP contribution in [0, 0.1) is 0 Å². The zero-order chi connectivity index (χ0) is 12.3. The van der Waals surface area contributed by atoms with Crippen LogP contribution < -0.4 is 0 Å². The molecule has 2 nitrogen and oxygen atoms in total. The molecule has 0 aliphatic heterocycles. The topological polar surface area (TPSA) is 33.4 Å². The second-order valence-corrected chi connectivity index (χ2v) is 4.65. The summed E-state index contributed by atoms with van der Waals surface area (Å²) in [5.41, 5.74) is 0.957. The third-order valence-corrected chi connectivity index (χ3v) is 3.40. The van der Waals surface area contributed by atoms with Gasteiger partial charge in [0.25, 0.3) is 0 Å². The minimum absolute atomic E-state index is 0.0316. The number of hydrogen-bond donors (Lipinski definition) is 1. The molecule has 2 aromatic rings. The molecule has 0 fully saturated rings. The predicted molar refractivity (Wildman–Crippen MR) is 68.7 cm³/mol. The van der Waals surface area contributed by atoms with E-state index in [1.54, 1.807) is 18.4 Å². The molecule has 1 aromatic heterocycles. The van der Waals surface area contributed by atoms with Crippen LogP contribution in [0.1, 0.15) is 17.2 Å². The van der Waals surface area contributed by atoms with Gasteiger partial charge in [0.2, 0.25) is 0 Å². The van der Waals surface area contributed by atoms with Gasteiger partial charge in [-0.2, -0.15) is 0 Å². The fourth-order valence-corrected chi connectivity index (χ4v) is 2.03. The van der Waals surface area contributed by atoms with Crippen LogP contribution in [0.2, 0.25) is 10.0 Å². The minimum atomic E-state index is -0.0316. The molecule has 4 heteroatoms. The first-order valence-corrected chi connectivity index (χ1v) is 6.04. The SMILES string of the molecule is OCC(Cc1ccco1)c1ccc(Cl)c(Cl)c1. The van der Waals surface area contributed by atoms with E-state index in [-0.39, 0.29) is 12.5 Å². The van der Waals surface area contributed by atoms with Crippen molar-refractivity contribution < 1.29 is 9.52 Å². The van der Waals surface area contributed by atoms with Crippen molar-refractivity contribution in [3.8, 4) is 0 Å². The second-order valence-electron chi connectivity index (χ2n) is 3.84. The lowest BCUT2D eigenvalue weighted by Gasteiger charge is -2.13. The number of rotatable bonds is 4. The number of halogens is 2. The first-order valence-electron chi connectivity index (χ1n) is 5.29.